The third-order valence-corrected chi connectivity index (χ3v) is 2.65. The SMILES string of the molecule is Nc1nnc(N2CCSCC2)o1. The average molecular weight is 186 g/mol. The van der Waals surface area contributed by atoms with Crippen LogP contribution in [0, 0.1) is 0 Å². The Morgan fingerprint density at radius 1 is 1.33 bits per heavy atom. The second kappa shape index (κ2) is 3.22. The van der Waals surface area contributed by atoms with Gasteiger partial charge in [0.25, 0.3) is 0 Å². The second-order valence-electron chi connectivity index (χ2n) is 2.52. The molecular weight excluding hydrogens is 176 g/mol. The highest BCUT2D eigenvalue weighted by Gasteiger charge is 2.15. The monoisotopic (exact) mass is 186 g/mol. The van der Waals surface area contributed by atoms with Crippen LogP contribution in [0.4, 0.5) is 12.0 Å². The van der Waals surface area contributed by atoms with Crippen molar-refractivity contribution in [2.24, 2.45) is 0 Å². The molecule has 0 aliphatic carbocycles. The number of nitrogens with two attached hydrogens (primary N) is 1. The van der Waals surface area contributed by atoms with Crippen LogP contribution in [0.3, 0.4) is 0 Å². The Bertz CT molecular complexity index is 258. The summed E-state index contributed by atoms with van der Waals surface area (Å²) in [4.78, 5) is 2.06. The molecule has 0 bridgehead atoms. The van der Waals surface area contributed by atoms with E-state index in [1.807, 2.05) is 11.8 Å². The van der Waals surface area contributed by atoms with Gasteiger partial charge in [-0.2, -0.15) is 11.8 Å². The van der Waals surface area contributed by atoms with Crippen molar-refractivity contribution in [3.63, 3.8) is 0 Å². The van der Waals surface area contributed by atoms with Gasteiger partial charge in [0.1, 0.15) is 0 Å². The van der Waals surface area contributed by atoms with E-state index in [1.54, 1.807) is 0 Å². The van der Waals surface area contributed by atoms with Gasteiger partial charge in [0.15, 0.2) is 0 Å². The summed E-state index contributed by atoms with van der Waals surface area (Å²) in [5, 5.41) is 7.42. The van der Waals surface area contributed by atoms with Gasteiger partial charge in [-0.3, -0.25) is 0 Å². The molecule has 66 valence electrons. The first-order valence-corrected chi connectivity index (χ1v) is 4.93. The minimum Gasteiger partial charge on any atom is -0.390 e. The fourth-order valence-corrected chi connectivity index (χ4v) is 2.01. The fraction of sp³-hybridized carbons (Fsp3) is 0.667. The first-order chi connectivity index (χ1) is 5.86. The lowest BCUT2D eigenvalue weighted by molar-refractivity contribution is 0.554. The van der Waals surface area contributed by atoms with Gasteiger partial charge in [-0.25, -0.2) is 0 Å². The number of nitrogen functional groups attached to an aromatic ring is 1. The first kappa shape index (κ1) is 7.72. The number of nitrogens with zero attached hydrogens (tertiary/aromatic N) is 3. The summed E-state index contributed by atoms with van der Waals surface area (Å²) in [5.74, 6) is 2.23. The molecule has 0 atom stereocenters. The molecule has 2 rings (SSSR count). The van der Waals surface area contributed by atoms with Crippen molar-refractivity contribution in [3.05, 3.63) is 0 Å². The molecule has 1 aliphatic heterocycles. The molecule has 1 aliphatic rings. The van der Waals surface area contributed by atoms with Crippen LogP contribution in [0.2, 0.25) is 0 Å². The third-order valence-electron chi connectivity index (χ3n) is 1.71. The minimum absolute atomic E-state index is 0.142. The number of hydrogen-bond donors (Lipinski definition) is 1. The molecule has 1 saturated heterocycles. The lowest BCUT2D eigenvalue weighted by Gasteiger charge is -2.23. The Morgan fingerprint density at radius 3 is 2.67 bits per heavy atom. The smallest absolute Gasteiger partial charge is 0.319 e. The normalized spacial score (nSPS) is 18.2. The predicted octanol–water partition coefficient (Wildman–Crippen LogP) is 0.205. The third kappa shape index (κ3) is 1.47. The highest BCUT2D eigenvalue weighted by Crippen LogP contribution is 2.17. The average Bonchev–Trinajstić information content (AvgIpc) is 2.54. The van der Waals surface area contributed by atoms with E-state index in [0.29, 0.717) is 6.01 Å². The molecule has 6 heteroatoms. The van der Waals surface area contributed by atoms with E-state index in [0.717, 1.165) is 24.6 Å². The van der Waals surface area contributed by atoms with Gasteiger partial charge in [-0.05, 0) is 0 Å². The van der Waals surface area contributed by atoms with Gasteiger partial charge in [0.2, 0.25) is 0 Å². The van der Waals surface area contributed by atoms with Crippen molar-refractivity contribution in [1.82, 2.24) is 10.2 Å². The van der Waals surface area contributed by atoms with Crippen LogP contribution in [-0.2, 0) is 0 Å². The van der Waals surface area contributed by atoms with Crippen molar-refractivity contribution >= 4 is 23.8 Å². The zero-order valence-corrected chi connectivity index (χ0v) is 7.38. The van der Waals surface area contributed by atoms with Gasteiger partial charge in [0, 0.05) is 24.6 Å². The van der Waals surface area contributed by atoms with Gasteiger partial charge in [0.05, 0.1) is 0 Å². The molecule has 0 radical (unpaired) electrons. The van der Waals surface area contributed by atoms with Crippen molar-refractivity contribution < 1.29 is 4.42 Å². The molecule has 1 aromatic heterocycles. The van der Waals surface area contributed by atoms with E-state index in [9.17, 15) is 0 Å². The predicted molar refractivity (Wildman–Crippen MR) is 48.2 cm³/mol. The lowest BCUT2D eigenvalue weighted by atomic mass is 10.5. The molecule has 0 saturated carbocycles. The zero-order valence-electron chi connectivity index (χ0n) is 6.56. The maximum absolute atomic E-state index is 5.31. The summed E-state index contributed by atoms with van der Waals surface area (Å²) >= 11 is 1.94. The van der Waals surface area contributed by atoms with E-state index in [-0.39, 0.29) is 6.01 Å². The zero-order chi connectivity index (χ0) is 8.39. The van der Waals surface area contributed by atoms with E-state index >= 15 is 0 Å². The first-order valence-electron chi connectivity index (χ1n) is 3.78. The Hall–Kier alpha value is -0.910. The van der Waals surface area contributed by atoms with Gasteiger partial charge in [-0.15, -0.1) is 0 Å². The van der Waals surface area contributed by atoms with E-state index < -0.39 is 0 Å². The van der Waals surface area contributed by atoms with Crippen LogP contribution in [0.5, 0.6) is 0 Å². The molecule has 0 spiro atoms. The summed E-state index contributed by atoms with van der Waals surface area (Å²) in [7, 11) is 0. The van der Waals surface area contributed by atoms with Crippen LogP contribution < -0.4 is 10.6 Å². The molecule has 2 heterocycles. The van der Waals surface area contributed by atoms with Crippen molar-refractivity contribution in [1.29, 1.82) is 0 Å². The summed E-state index contributed by atoms with van der Waals surface area (Å²) in [6.45, 7) is 1.93. The number of hydrogen-bond acceptors (Lipinski definition) is 6. The van der Waals surface area contributed by atoms with Crippen molar-refractivity contribution in [2.75, 3.05) is 35.2 Å². The van der Waals surface area contributed by atoms with Crippen LogP contribution in [0.25, 0.3) is 0 Å². The summed E-state index contributed by atoms with van der Waals surface area (Å²) in [5.41, 5.74) is 5.31. The Balaban J connectivity index is 2.08. The molecule has 12 heavy (non-hydrogen) atoms. The number of anilines is 2. The van der Waals surface area contributed by atoms with Crippen LogP contribution >= 0.6 is 11.8 Å². The van der Waals surface area contributed by atoms with E-state index in [2.05, 4.69) is 15.1 Å². The molecule has 5 nitrogen and oxygen atoms in total. The summed E-state index contributed by atoms with van der Waals surface area (Å²) in [6.07, 6.45) is 0. The van der Waals surface area contributed by atoms with E-state index in [4.69, 9.17) is 10.2 Å². The number of thioether (sulfide) groups is 1. The Labute approximate surface area is 74.3 Å². The molecule has 0 unspecified atom stereocenters. The van der Waals surface area contributed by atoms with Crippen molar-refractivity contribution in [3.8, 4) is 0 Å². The van der Waals surface area contributed by atoms with Gasteiger partial charge >= 0.3 is 12.0 Å². The van der Waals surface area contributed by atoms with Crippen molar-refractivity contribution in [2.45, 2.75) is 0 Å². The molecule has 0 aromatic carbocycles. The van der Waals surface area contributed by atoms with Gasteiger partial charge in [-0.1, -0.05) is 10.2 Å². The summed E-state index contributed by atoms with van der Waals surface area (Å²) < 4.78 is 5.10. The molecular formula is C6H10N4OS. The Kier molecular flexibility index (Phi) is 2.07. The molecule has 0 amide bonds. The van der Waals surface area contributed by atoms with Gasteiger partial charge < -0.3 is 15.1 Å². The summed E-state index contributed by atoms with van der Waals surface area (Å²) in [6, 6.07) is 0.691. The minimum atomic E-state index is 0.142. The van der Waals surface area contributed by atoms with Crippen LogP contribution in [-0.4, -0.2) is 34.8 Å². The molecule has 1 fully saturated rings. The Morgan fingerprint density at radius 2 is 2.08 bits per heavy atom. The standard InChI is InChI=1S/C6H10N4OS/c7-5-8-9-6(11-5)10-1-3-12-4-2-10/h1-4H2,(H2,7,8). The molecule has 1 aromatic rings. The quantitative estimate of drug-likeness (QED) is 0.676. The van der Waals surface area contributed by atoms with Crippen LogP contribution in [0.15, 0.2) is 4.42 Å². The topological polar surface area (TPSA) is 68.2 Å². The number of aromatic nitrogens is 2. The second-order valence-corrected chi connectivity index (χ2v) is 3.75. The van der Waals surface area contributed by atoms with Crippen LogP contribution in [0.1, 0.15) is 0 Å². The fourth-order valence-electron chi connectivity index (χ4n) is 1.11. The maximum atomic E-state index is 5.31. The number of rotatable bonds is 1. The molecule has 2 N–H and O–H groups in total. The highest BCUT2D eigenvalue weighted by molar-refractivity contribution is 7.99. The maximum Gasteiger partial charge on any atom is 0.319 e. The lowest BCUT2D eigenvalue weighted by Crippen LogP contribution is -2.32. The van der Waals surface area contributed by atoms with E-state index in [1.165, 1.54) is 0 Å². The highest BCUT2D eigenvalue weighted by atomic mass is 32.2. The largest absolute Gasteiger partial charge is 0.390 e.